The van der Waals surface area contributed by atoms with E-state index < -0.39 is 35.2 Å². The zero-order chi connectivity index (χ0) is 20.2. The number of Topliss-reactive ketones (excluding diaryl/α,β-unsaturated/α-hetero) is 1. The van der Waals surface area contributed by atoms with Crippen molar-refractivity contribution in [3.8, 4) is 0 Å². The van der Waals surface area contributed by atoms with Crippen LogP contribution in [0.1, 0.15) is 71.1 Å². The van der Waals surface area contributed by atoms with Crippen molar-refractivity contribution in [3.63, 3.8) is 0 Å². The normalized spacial score (nSPS) is 28.3. The summed E-state index contributed by atoms with van der Waals surface area (Å²) in [5, 5.41) is 27.3. The SMILES string of the molecule is C[C@@H]1CCCCCCCCC[C@H](O)C(=O)C[C@H](SC[C@@H](O)C(=O)O)C(=O)O1. The molecule has 0 amide bonds. The predicted octanol–water partition coefficient (Wildman–Crippen LogP) is 2.31. The Morgan fingerprint density at radius 1 is 1.11 bits per heavy atom. The number of carbonyl (C=O) groups is 3. The molecule has 0 aromatic heterocycles. The number of carboxylic acid groups (broad SMARTS) is 1. The van der Waals surface area contributed by atoms with Gasteiger partial charge in [0.1, 0.15) is 11.4 Å². The van der Waals surface area contributed by atoms with Gasteiger partial charge in [0.15, 0.2) is 11.9 Å². The number of ether oxygens (including phenoxy) is 1. The highest BCUT2D eigenvalue weighted by Crippen LogP contribution is 2.22. The maximum Gasteiger partial charge on any atom is 0.333 e. The van der Waals surface area contributed by atoms with Gasteiger partial charge in [-0.1, -0.05) is 38.5 Å². The van der Waals surface area contributed by atoms with Crippen molar-refractivity contribution in [1.29, 1.82) is 0 Å². The molecule has 4 atom stereocenters. The van der Waals surface area contributed by atoms with Crippen molar-refractivity contribution in [2.45, 2.75) is 94.7 Å². The maximum absolute atomic E-state index is 12.4. The van der Waals surface area contributed by atoms with Crippen LogP contribution in [0.5, 0.6) is 0 Å². The summed E-state index contributed by atoms with van der Waals surface area (Å²) in [6.45, 7) is 1.80. The average molecular weight is 405 g/mol. The van der Waals surface area contributed by atoms with Crippen LogP contribution in [0.25, 0.3) is 0 Å². The van der Waals surface area contributed by atoms with Crippen LogP contribution in [0.15, 0.2) is 0 Å². The lowest BCUT2D eigenvalue weighted by Crippen LogP contribution is -2.33. The largest absolute Gasteiger partial charge is 0.479 e. The zero-order valence-electron chi connectivity index (χ0n) is 16.0. The molecule has 3 N–H and O–H groups in total. The Morgan fingerprint density at radius 3 is 2.26 bits per heavy atom. The molecule has 0 bridgehead atoms. The summed E-state index contributed by atoms with van der Waals surface area (Å²) in [4.78, 5) is 35.5. The molecule has 1 rings (SSSR count). The first-order valence-corrected chi connectivity index (χ1v) is 10.8. The van der Waals surface area contributed by atoms with E-state index >= 15 is 0 Å². The van der Waals surface area contributed by atoms with Crippen molar-refractivity contribution in [2.24, 2.45) is 0 Å². The first kappa shape index (κ1) is 23.9. The third-order valence-electron chi connectivity index (χ3n) is 4.67. The average Bonchev–Trinajstić information content (AvgIpc) is 2.61. The Bertz CT molecular complexity index is 483. The number of hydrogen-bond acceptors (Lipinski definition) is 7. The first-order chi connectivity index (χ1) is 12.8. The lowest BCUT2D eigenvalue weighted by Gasteiger charge is -2.21. The van der Waals surface area contributed by atoms with E-state index in [9.17, 15) is 24.6 Å². The summed E-state index contributed by atoms with van der Waals surface area (Å²) >= 11 is 0.880. The molecule has 0 aromatic carbocycles. The van der Waals surface area contributed by atoms with E-state index in [1.54, 1.807) is 6.92 Å². The van der Waals surface area contributed by atoms with Crippen molar-refractivity contribution in [3.05, 3.63) is 0 Å². The van der Waals surface area contributed by atoms with Gasteiger partial charge < -0.3 is 20.1 Å². The summed E-state index contributed by atoms with van der Waals surface area (Å²) in [7, 11) is 0. The lowest BCUT2D eigenvalue weighted by atomic mass is 10.0. The molecule has 8 heteroatoms. The van der Waals surface area contributed by atoms with Gasteiger partial charge in [0.2, 0.25) is 0 Å². The number of carboxylic acids is 1. The highest BCUT2D eigenvalue weighted by molar-refractivity contribution is 8.00. The van der Waals surface area contributed by atoms with Gasteiger partial charge in [-0.05, 0) is 26.2 Å². The molecule has 156 valence electrons. The fraction of sp³-hybridized carbons (Fsp3) is 0.842. The summed E-state index contributed by atoms with van der Waals surface area (Å²) < 4.78 is 5.42. The van der Waals surface area contributed by atoms with Crippen molar-refractivity contribution < 1.29 is 34.4 Å². The Hall–Kier alpha value is -1.12. The highest BCUT2D eigenvalue weighted by atomic mass is 32.2. The Labute approximate surface area is 164 Å². The van der Waals surface area contributed by atoms with E-state index in [0.29, 0.717) is 6.42 Å². The van der Waals surface area contributed by atoms with Gasteiger partial charge in [-0.15, -0.1) is 11.8 Å². The third-order valence-corrected chi connectivity index (χ3v) is 5.94. The molecule has 27 heavy (non-hydrogen) atoms. The molecule has 0 aliphatic carbocycles. The van der Waals surface area contributed by atoms with Crippen LogP contribution in [-0.4, -0.2) is 62.4 Å². The first-order valence-electron chi connectivity index (χ1n) is 9.75. The summed E-state index contributed by atoms with van der Waals surface area (Å²) in [6, 6.07) is 0. The molecule has 0 saturated carbocycles. The number of cyclic esters (lactones) is 1. The second kappa shape index (κ2) is 13.1. The van der Waals surface area contributed by atoms with E-state index in [1.165, 1.54) is 0 Å². The number of aliphatic carboxylic acids is 1. The predicted molar refractivity (Wildman–Crippen MR) is 103 cm³/mol. The van der Waals surface area contributed by atoms with Crippen molar-refractivity contribution >= 4 is 29.5 Å². The fourth-order valence-corrected chi connectivity index (χ4v) is 3.99. The minimum absolute atomic E-state index is 0.229. The lowest BCUT2D eigenvalue weighted by molar-refractivity contribution is -0.149. The van der Waals surface area contributed by atoms with E-state index in [0.717, 1.165) is 63.1 Å². The number of carbonyl (C=O) groups excluding carboxylic acids is 2. The number of aliphatic hydroxyl groups is 2. The summed E-state index contributed by atoms with van der Waals surface area (Å²) in [5.41, 5.74) is 0. The summed E-state index contributed by atoms with van der Waals surface area (Å²) in [5.74, 6) is -2.66. The molecule has 1 saturated heterocycles. The molecular weight excluding hydrogens is 372 g/mol. The van der Waals surface area contributed by atoms with Crippen LogP contribution >= 0.6 is 11.8 Å². The number of aliphatic hydroxyl groups excluding tert-OH is 2. The molecule has 0 aromatic rings. The monoisotopic (exact) mass is 404 g/mol. The smallest absolute Gasteiger partial charge is 0.333 e. The van der Waals surface area contributed by atoms with E-state index in [2.05, 4.69) is 0 Å². The molecule has 0 unspecified atom stereocenters. The molecule has 7 nitrogen and oxygen atoms in total. The van der Waals surface area contributed by atoms with E-state index in [1.807, 2.05) is 0 Å². The van der Waals surface area contributed by atoms with Crippen LogP contribution in [0.3, 0.4) is 0 Å². The maximum atomic E-state index is 12.4. The second-order valence-corrected chi connectivity index (χ2v) is 8.40. The number of hydrogen-bond donors (Lipinski definition) is 3. The van der Waals surface area contributed by atoms with E-state index in [-0.39, 0.29) is 18.3 Å². The highest BCUT2D eigenvalue weighted by Gasteiger charge is 2.29. The van der Waals surface area contributed by atoms with Gasteiger partial charge >= 0.3 is 11.9 Å². The minimum atomic E-state index is -1.62. The van der Waals surface area contributed by atoms with Crippen molar-refractivity contribution in [2.75, 3.05) is 5.75 Å². The number of esters is 1. The Morgan fingerprint density at radius 2 is 1.67 bits per heavy atom. The molecular formula is C19H32O7S. The second-order valence-electron chi connectivity index (χ2n) is 7.16. The van der Waals surface area contributed by atoms with Crippen LogP contribution in [-0.2, 0) is 19.1 Å². The molecule has 1 aliphatic heterocycles. The zero-order valence-corrected chi connectivity index (χ0v) is 16.8. The van der Waals surface area contributed by atoms with Gasteiger partial charge in [0, 0.05) is 12.2 Å². The van der Waals surface area contributed by atoms with Crippen LogP contribution in [0.4, 0.5) is 0 Å². The topological polar surface area (TPSA) is 121 Å². The van der Waals surface area contributed by atoms with Gasteiger partial charge in [0.05, 0.1) is 6.10 Å². The van der Waals surface area contributed by atoms with Crippen LogP contribution < -0.4 is 0 Å². The standard InChI is InChI=1S/C19H32O7S/c1-13-9-7-5-3-2-4-6-8-10-14(20)15(21)11-17(19(25)26-13)27-12-16(22)18(23)24/h13-14,16-17,20,22H,2-12H2,1H3,(H,23,24)/t13-,14+,16-,17+/m1/s1. The number of rotatable bonds is 4. The summed E-state index contributed by atoms with van der Waals surface area (Å²) in [6.07, 6.45) is 4.89. The molecule has 1 heterocycles. The van der Waals surface area contributed by atoms with E-state index in [4.69, 9.17) is 9.84 Å². The quantitative estimate of drug-likeness (QED) is 0.610. The minimum Gasteiger partial charge on any atom is -0.479 e. The molecule has 0 radical (unpaired) electrons. The van der Waals surface area contributed by atoms with Gasteiger partial charge in [-0.2, -0.15) is 0 Å². The number of ketones is 1. The van der Waals surface area contributed by atoms with Gasteiger partial charge in [0.25, 0.3) is 0 Å². The van der Waals surface area contributed by atoms with Crippen molar-refractivity contribution in [1.82, 2.24) is 0 Å². The fourth-order valence-electron chi connectivity index (χ4n) is 2.96. The van der Waals surface area contributed by atoms with Gasteiger partial charge in [-0.3, -0.25) is 9.59 Å². The Kier molecular flexibility index (Phi) is 11.6. The van der Waals surface area contributed by atoms with Crippen LogP contribution in [0.2, 0.25) is 0 Å². The number of thioether (sulfide) groups is 1. The third kappa shape index (κ3) is 10.1. The van der Waals surface area contributed by atoms with Gasteiger partial charge in [-0.25, -0.2) is 4.79 Å². The molecule has 0 spiro atoms. The molecule has 1 aliphatic rings. The Balaban J connectivity index is 2.75. The molecule has 1 fully saturated rings. The van der Waals surface area contributed by atoms with Crippen LogP contribution in [0, 0.1) is 0 Å².